The van der Waals surface area contributed by atoms with Gasteiger partial charge in [-0.05, 0) is 52.8 Å². The molecule has 0 heterocycles. The fourth-order valence-corrected chi connectivity index (χ4v) is 1.83. The zero-order valence-corrected chi connectivity index (χ0v) is 13.3. The van der Waals surface area contributed by atoms with Crippen molar-refractivity contribution in [2.24, 2.45) is 5.92 Å². The molecule has 0 amide bonds. The molecule has 0 aliphatic rings. The lowest BCUT2D eigenvalue weighted by Gasteiger charge is -2.29. The van der Waals surface area contributed by atoms with Crippen molar-refractivity contribution in [1.82, 2.24) is 0 Å². The molecule has 0 N–H and O–H groups in total. The molecule has 0 radical (unpaired) electrons. The molecule has 1 aromatic carbocycles. The highest BCUT2D eigenvalue weighted by molar-refractivity contribution is 14.1. The van der Waals surface area contributed by atoms with Crippen LogP contribution in [0.1, 0.15) is 13.8 Å². The first-order valence-corrected chi connectivity index (χ1v) is 6.95. The van der Waals surface area contributed by atoms with Crippen molar-refractivity contribution in [3.63, 3.8) is 0 Å². The predicted molar refractivity (Wildman–Crippen MR) is 74.8 cm³/mol. The molecule has 8 heteroatoms. The minimum absolute atomic E-state index is 0.0969. The average Bonchev–Trinajstić information content (AvgIpc) is 2.38. The Bertz CT molecular complexity index is 516. The summed E-state index contributed by atoms with van der Waals surface area (Å²) in [4.78, 5) is 21.9. The van der Waals surface area contributed by atoms with E-state index in [0.717, 1.165) is 3.57 Å². The third kappa shape index (κ3) is 4.80. The highest BCUT2D eigenvalue weighted by atomic mass is 127. The molecule has 0 saturated heterocycles. The zero-order valence-electron chi connectivity index (χ0n) is 11.1. The van der Waals surface area contributed by atoms with Crippen LogP contribution in [-0.4, -0.2) is 24.2 Å². The van der Waals surface area contributed by atoms with Gasteiger partial charge in [-0.1, -0.05) is 13.8 Å². The van der Waals surface area contributed by atoms with Crippen LogP contribution in [-0.2, 0) is 9.53 Å². The lowest BCUT2D eigenvalue weighted by molar-refractivity contribution is -0.337. The van der Waals surface area contributed by atoms with E-state index in [2.05, 4.69) is 4.74 Å². The van der Waals surface area contributed by atoms with Gasteiger partial charge in [-0.2, -0.15) is 8.78 Å². The summed E-state index contributed by atoms with van der Waals surface area (Å²) >= 11 is 2.03. The molecule has 5 nitrogen and oxygen atoms in total. The van der Waals surface area contributed by atoms with Crippen LogP contribution < -0.4 is 9.84 Å². The maximum Gasteiger partial charge on any atom is 0.514 e. The topological polar surface area (TPSA) is 75.7 Å². The maximum atomic E-state index is 13.4. The predicted octanol–water partition coefficient (Wildman–Crippen LogP) is 2.22. The molecular weight excluding hydrogens is 401 g/mol. The summed E-state index contributed by atoms with van der Waals surface area (Å²) in [7, 11) is 0. The van der Waals surface area contributed by atoms with Crippen LogP contribution in [0.25, 0.3) is 0 Å². The van der Waals surface area contributed by atoms with Crippen LogP contribution in [0.4, 0.5) is 13.6 Å². The second-order valence-corrected chi connectivity index (χ2v) is 5.74. The van der Waals surface area contributed by atoms with Gasteiger partial charge in [0, 0.05) is 3.57 Å². The maximum absolute atomic E-state index is 13.4. The quantitative estimate of drug-likeness (QED) is 0.421. The SMILES string of the molecule is CC(C)C(OC(=O)Oc1ccc(I)cc1)C(F)(F)C(=O)[O-]. The Hall–Kier alpha value is -1.45. The Kier molecular flexibility index (Phi) is 5.87. The van der Waals surface area contributed by atoms with E-state index < -0.39 is 30.1 Å². The largest absolute Gasteiger partial charge is 0.544 e. The van der Waals surface area contributed by atoms with Gasteiger partial charge in [0.15, 0.2) is 6.10 Å². The summed E-state index contributed by atoms with van der Waals surface area (Å²) in [5.41, 5.74) is 0. The van der Waals surface area contributed by atoms with Crippen LogP contribution >= 0.6 is 22.6 Å². The summed E-state index contributed by atoms with van der Waals surface area (Å²) in [5, 5.41) is 10.5. The molecule has 0 spiro atoms. The van der Waals surface area contributed by atoms with Crippen molar-refractivity contribution >= 4 is 34.7 Å². The second-order valence-electron chi connectivity index (χ2n) is 4.50. The molecule has 0 saturated carbocycles. The van der Waals surface area contributed by atoms with E-state index in [0.29, 0.717) is 0 Å². The molecule has 0 aromatic heterocycles. The molecular formula is C13H12F2IO5-. The van der Waals surface area contributed by atoms with E-state index in [1.807, 2.05) is 22.6 Å². The number of alkyl halides is 2. The fraction of sp³-hybridized carbons (Fsp3) is 0.385. The molecule has 1 rings (SSSR count). The standard InChI is InChI=1S/C13H13F2IO5/c1-7(2)10(13(14,15)11(17)18)21-12(19)20-9-5-3-8(16)4-6-9/h3-7,10H,1-2H3,(H,17,18)/p-1. The third-order valence-corrected chi connectivity index (χ3v) is 3.19. The zero-order chi connectivity index (χ0) is 16.2. The van der Waals surface area contributed by atoms with E-state index in [1.165, 1.54) is 26.0 Å². The van der Waals surface area contributed by atoms with Crippen molar-refractivity contribution in [2.45, 2.75) is 25.9 Å². The molecule has 1 unspecified atom stereocenters. The van der Waals surface area contributed by atoms with Gasteiger partial charge in [0.2, 0.25) is 0 Å². The van der Waals surface area contributed by atoms with Crippen molar-refractivity contribution in [3.8, 4) is 5.75 Å². The van der Waals surface area contributed by atoms with Crippen molar-refractivity contribution in [2.75, 3.05) is 0 Å². The highest BCUT2D eigenvalue weighted by Crippen LogP contribution is 2.27. The number of carboxylic acids is 1. The van der Waals surface area contributed by atoms with E-state index in [4.69, 9.17) is 4.74 Å². The van der Waals surface area contributed by atoms with Gasteiger partial charge in [0.05, 0.1) is 0 Å². The number of carbonyl (C=O) groups is 2. The Morgan fingerprint density at radius 2 is 1.76 bits per heavy atom. The first kappa shape index (κ1) is 17.6. The monoisotopic (exact) mass is 413 g/mol. The normalized spacial score (nSPS) is 12.9. The van der Waals surface area contributed by atoms with Crippen molar-refractivity contribution in [1.29, 1.82) is 0 Å². The number of carboxylic acid groups (broad SMARTS) is 1. The van der Waals surface area contributed by atoms with Crippen molar-refractivity contribution in [3.05, 3.63) is 27.8 Å². The van der Waals surface area contributed by atoms with Gasteiger partial charge in [-0.15, -0.1) is 0 Å². The summed E-state index contributed by atoms with van der Waals surface area (Å²) in [6, 6.07) is 6.17. The summed E-state index contributed by atoms with van der Waals surface area (Å²) in [6.07, 6.45) is -3.59. The Labute approximate surface area is 133 Å². The Balaban J connectivity index is 2.78. The number of carbonyl (C=O) groups excluding carboxylic acids is 2. The number of ether oxygens (including phenoxy) is 2. The molecule has 0 aliphatic carbocycles. The van der Waals surface area contributed by atoms with Crippen LogP contribution in [0.15, 0.2) is 24.3 Å². The lowest BCUT2D eigenvalue weighted by atomic mass is 10.0. The number of halogens is 3. The van der Waals surface area contributed by atoms with Gasteiger partial charge in [-0.3, -0.25) is 0 Å². The number of benzene rings is 1. The first-order valence-electron chi connectivity index (χ1n) is 5.88. The van der Waals surface area contributed by atoms with Crippen molar-refractivity contribution < 1.29 is 33.0 Å². The fourth-order valence-electron chi connectivity index (χ4n) is 1.47. The molecule has 21 heavy (non-hydrogen) atoms. The first-order chi connectivity index (χ1) is 9.64. The summed E-state index contributed by atoms with van der Waals surface area (Å²) in [5.74, 6) is -7.76. The molecule has 1 aromatic rings. The van der Waals surface area contributed by atoms with Crippen LogP contribution in [0.2, 0.25) is 0 Å². The van der Waals surface area contributed by atoms with Crippen LogP contribution in [0.5, 0.6) is 5.75 Å². The third-order valence-electron chi connectivity index (χ3n) is 2.47. The molecule has 0 bridgehead atoms. The minimum Gasteiger partial charge on any atom is -0.544 e. The molecule has 116 valence electrons. The van der Waals surface area contributed by atoms with E-state index in [1.54, 1.807) is 12.1 Å². The van der Waals surface area contributed by atoms with Gasteiger partial charge >= 0.3 is 12.1 Å². The molecule has 0 fully saturated rings. The van der Waals surface area contributed by atoms with E-state index in [-0.39, 0.29) is 5.75 Å². The summed E-state index contributed by atoms with van der Waals surface area (Å²) in [6.45, 7) is 2.58. The number of aliphatic carboxylic acids is 1. The smallest absolute Gasteiger partial charge is 0.514 e. The average molecular weight is 413 g/mol. The Morgan fingerprint density at radius 1 is 1.24 bits per heavy atom. The lowest BCUT2D eigenvalue weighted by Crippen LogP contribution is -2.53. The number of hydrogen-bond donors (Lipinski definition) is 0. The Morgan fingerprint density at radius 3 is 2.19 bits per heavy atom. The van der Waals surface area contributed by atoms with E-state index >= 15 is 0 Å². The van der Waals surface area contributed by atoms with Crippen LogP contribution in [0.3, 0.4) is 0 Å². The highest BCUT2D eigenvalue weighted by Gasteiger charge is 2.46. The van der Waals surface area contributed by atoms with Gasteiger partial charge in [-0.25, -0.2) is 4.79 Å². The minimum atomic E-state index is -4.31. The summed E-state index contributed by atoms with van der Waals surface area (Å²) < 4.78 is 36.9. The number of hydrogen-bond acceptors (Lipinski definition) is 5. The van der Waals surface area contributed by atoms with Gasteiger partial charge in [0.1, 0.15) is 11.7 Å². The molecule has 0 aliphatic heterocycles. The van der Waals surface area contributed by atoms with Gasteiger partial charge in [0.25, 0.3) is 0 Å². The number of rotatable bonds is 5. The van der Waals surface area contributed by atoms with Crippen LogP contribution in [0, 0.1) is 9.49 Å². The van der Waals surface area contributed by atoms with E-state index in [9.17, 15) is 23.5 Å². The second kappa shape index (κ2) is 7.01. The van der Waals surface area contributed by atoms with Gasteiger partial charge < -0.3 is 19.4 Å². The molecule has 1 atom stereocenters.